The van der Waals surface area contributed by atoms with E-state index in [0.717, 1.165) is 6.07 Å². The summed E-state index contributed by atoms with van der Waals surface area (Å²) < 4.78 is 54.8. The number of hydrogen-bond donors (Lipinski definition) is 0. The van der Waals surface area contributed by atoms with Gasteiger partial charge in [0.25, 0.3) is 0 Å². The molecule has 0 saturated carbocycles. The number of benzene rings is 1. The van der Waals surface area contributed by atoms with Gasteiger partial charge in [-0.15, -0.1) is 0 Å². The van der Waals surface area contributed by atoms with Gasteiger partial charge in [0.05, 0.1) is 0 Å². The van der Waals surface area contributed by atoms with Crippen molar-refractivity contribution in [3.05, 3.63) is 35.1 Å². The molecular weight excluding hydrogens is 277 g/mol. The van der Waals surface area contributed by atoms with Crippen molar-refractivity contribution in [3.63, 3.8) is 0 Å². The molecule has 1 rings (SSSR count). The van der Waals surface area contributed by atoms with Crippen molar-refractivity contribution < 1.29 is 26.4 Å². The lowest BCUT2D eigenvalue weighted by molar-refractivity contribution is 0.123. The number of rotatable bonds is 7. The molecule has 0 bridgehead atoms. The molecule has 19 heavy (non-hydrogen) atoms. The third-order valence-electron chi connectivity index (χ3n) is 2.95. The molecule has 0 heterocycles. The first-order valence-corrected chi connectivity index (χ1v) is 7.70. The molecule has 0 radical (unpaired) electrons. The van der Waals surface area contributed by atoms with E-state index >= 15 is 0 Å². The maximum Gasteiger partial charge on any atom is 0.500 e. The van der Waals surface area contributed by atoms with Crippen molar-refractivity contribution in [1.29, 1.82) is 0 Å². The van der Waals surface area contributed by atoms with Crippen molar-refractivity contribution >= 4 is 8.80 Å². The lowest BCUT2D eigenvalue weighted by Gasteiger charge is -2.24. The molecule has 1 aromatic carbocycles. The van der Waals surface area contributed by atoms with Gasteiger partial charge in [-0.25, -0.2) is 13.2 Å². The molecule has 0 saturated heterocycles. The zero-order valence-corrected chi connectivity index (χ0v) is 12.1. The fourth-order valence-corrected chi connectivity index (χ4v) is 3.53. The van der Waals surface area contributed by atoms with Crippen LogP contribution in [0.2, 0.25) is 6.04 Å². The molecule has 0 atom stereocenters. The third kappa shape index (κ3) is 4.03. The monoisotopic (exact) mass is 294 g/mol. The minimum atomic E-state index is -2.70. The molecule has 0 aliphatic heterocycles. The van der Waals surface area contributed by atoms with Crippen LogP contribution in [0.1, 0.15) is 12.0 Å². The Kier molecular flexibility index (Phi) is 5.99. The fraction of sp³-hybridized carbons (Fsp3) is 0.500. The summed E-state index contributed by atoms with van der Waals surface area (Å²) in [6, 6.07) is 1.90. The van der Waals surface area contributed by atoms with Crippen LogP contribution in [0.15, 0.2) is 12.1 Å². The Balaban J connectivity index is 2.65. The van der Waals surface area contributed by atoms with E-state index in [1.165, 1.54) is 21.3 Å². The largest absolute Gasteiger partial charge is 0.500 e. The van der Waals surface area contributed by atoms with Crippen molar-refractivity contribution in [2.24, 2.45) is 0 Å². The van der Waals surface area contributed by atoms with E-state index in [1.807, 2.05) is 0 Å². The molecule has 0 fully saturated rings. The summed E-state index contributed by atoms with van der Waals surface area (Å²) in [6.07, 6.45) is 0.748. The number of hydrogen-bond acceptors (Lipinski definition) is 3. The van der Waals surface area contributed by atoms with Crippen LogP contribution in [0.4, 0.5) is 13.2 Å². The van der Waals surface area contributed by atoms with Crippen molar-refractivity contribution in [1.82, 2.24) is 0 Å². The van der Waals surface area contributed by atoms with E-state index in [2.05, 4.69) is 0 Å². The van der Waals surface area contributed by atoms with Gasteiger partial charge in [-0.1, -0.05) is 0 Å². The highest BCUT2D eigenvalue weighted by Gasteiger charge is 2.36. The highest BCUT2D eigenvalue weighted by atomic mass is 28.4. The van der Waals surface area contributed by atoms with Crippen LogP contribution < -0.4 is 0 Å². The second kappa shape index (κ2) is 7.04. The van der Waals surface area contributed by atoms with Gasteiger partial charge >= 0.3 is 8.80 Å². The predicted molar refractivity (Wildman–Crippen MR) is 66.2 cm³/mol. The van der Waals surface area contributed by atoms with Gasteiger partial charge < -0.3 is 13.3 Å². The maximum absolute atomic E-state index is 13.4. The maximum atomic E-state index is 13.4. The van der Waals surface area contributed by atoms with E-state index in [4.69, 9.17) is 13.3 Å². The summed E-state index contributed by atoms with van der Waals surface area (Å²) in [5.74, 6) is -2.99. The highest BCUT2D eigenvalue weighted by Crippen LogP contribution is 2.20. The Bertz CT molecular complexity index is 417. The zero-order chi connectivity index (χ0) is 14.5. The van der Waals surface area contributed by atoms with Gasteiger partial charge in [-0.05, 0) is 24.5 Å². The molecule has 0 unspecified atom stereocenters. The quantitative estimate of drug-likeness (QED) is 0.571. The lowest BCUT2D eigenvalue weighted by Crippen LogP contribution is -2.42. The standard InChI is InChI=1S/C12H17F3O3Si/c1-16-19(17-2,18-3)6-4-5-9-7-11(14)12(15)8-10(9)13/h7-8H,4-6H2,1-3H3. The summed E-state index contributed by atoms with van der Waals surface area (Å²) in [4.78, 5) is 0. The van der Waals surface area contributed by atoms with E-state index < -0.39 is 26.3 Å². The second-order valence-electron chi connectivity index (χ2n) is 4.01. The SMILES string of the molecule is CO[Si](CCCc1cc(F)c(F)cc1F)(OC)OC. The first-order valence-electron chi connectivity index (χ1n) is 5.77. The van der Waals surface area contributed by atoms with E-state index in [-0.39, 0.29) is 12.0 Å². The van der Waals surface area contributed by atoms with Crippen molar-refractivity contribution in [2.75, 3.05) is 21.3 Å². The Morgan fingerprint density at radius 1 is 0.895 bits per heavy atom. The van der Waals surface area contributed by atoms with Crippen LogP contribution in [0.3, 0.4) is 0 Å². The van der Waals surface area contributed by atoms with Gasteiger partial charge in [0.2, 0.25) is 0 Å². The molecule has 108 valence electrons. The minimum Gasteiger partial charge on any atom is -0.377 e. The van der Waals surface area contributed by atoms with Crippen LogP contribution >= 0.6 is 0 Å². The van der Waals surface area contributed by atoms with Crippen molar-refractivity contribution in [2.45, 2.75) is 18.9 Å². The molecule has 0 aromatic heterocycles. The van der Waals surface area contributed by atoms with E-state index in [0.29, 0.717) is 18.5 Å². The van der Waals surface area contributed by atoms with Crippen molar-refractivity contribution in [3.8, 4) is 0 Å². The first kappa shape index (κ1) is 16.2. The number of halogens is 3. The zero-order valence-electron chi connectivity index (χ0n) is 11.1. The van der Waals surface area contributed by atoms with Gasteiger partial charge in [-0.3, -0.25) is 0 Å². The van der Waals surface area contributed by atoms with E-state index in [1.54, 1.807) is 0 Å². The molecule has 3 nitrogen and oxygen atoms in total. The normalized spacial score (nSPS) is 11.9. The Morgan fingerprint density at radius 2 is 1.42 bits per heavy atom. The topological polar surface area (TPSA) is 27.7 Å². The molecule has 0 aliphatic rings. The van der Waals surface area contributed by atoms with Crippen LogP contribution in [-0.2, 0) is 19.7 Å². The Hall–Kier alpha value is -0.893. The molecule has 1 aromatic rings. The minimum absolute atomic E-state index is 0.130. The Labute approximate surface area is 111 Å². The molecule has 0 spiro atoms. The van der Waals surface area contributed by atoms with Gasteiger partial charge in [0, 0.05) is 33.4 Å². The van der Waals surface area contributed by atoms with E-state index in [9.17, 15) is 13.2 Å². The van der Waals surface area contributed by atoms with Crippen LogP contribution in [0.25, 0.3) is 0 Å². The average Bonchev–Trinajstić information content (AvgIpc) is 2.41. The van der Waals surface area contributed by atoms with Gasteiger partial charge in [-0.2, -0.15) is 0 Å². The van der Waals surface area contributed by atoms with Crippen LogP contribution in [-0.4, -0.2) is 30.1 Å². The van der Waals surface area contributed by atoms with Gasteiger partial charge in [0.1, 0.15) is 5.82 Å². The summed E-state index contributed by atoms with van der Waals surface area (Å²) in [5, 5.41) is 0. The van der Waals surface area contributed by atoms with Crippen LogP contribution in [0.5, 0.6) is 0 Å². The summed E-state index contributed by atoms with van der Waals surface area (Å²) in [5.41, 5.74) is 0.130. The molecule has 0 N–H and O–H groups in total. The first-order chi connectivity index (χ1) is 8.98. The summed E-state index contributed by atoms with van der Waals surface area (Å²) in [7, 11) is 1.75. The fourth-order valence-electron chi connectivity index (χ4n) is 1.81. The Morgan fingerprint density at radius 3 is 1.95 bits per heavy atom. The second-order valence-corrected chi connectivity index (χ2v) is 7.10. The predicted octanol–water partition coefficient (Wildman–Crippen LogP) is 2.91. The van der Waals surface area contributed by atoms with Gasteiger partial charge in [0.15, 0.2) is 11.6 Å². The van der Waals surface area contributed by atoms with Crippen LogP contribution in [0, 0.1) is 17.5 Å². The molecule has 0 amide bonds. The highest BCUT2D eigenvalue weighted by molar-refractivity contribution is 6.60. The summed E-state index contributed by atoms with van der Waals surface area (Å²) >= 11 is 0. The number of aryl methyl sites for hydroxylation is 1. The lowest BCUT2D eigenvalue weighted by atomic mass is 10.1. The summed E-state index contributed by atoms with van der Waals surface area (Å²) in [6.45, 7) is 0. The molecule has 7 heteroatoms. The third-order valence-corrected chi connectivity index (χ3v) is 5.78. The molecular formula is C12H17F3O3Si. The smallest absolute Gasteiger partial charge is 0.377 e. The average molecular weight is 294 g/mol. The molecule has 0 aliphatic carbocycles.